The minimum atomic E-state index is -4.58. The van der Waals surface area contributed by atoms with E-state index >= 15 is 0 Å². The molecule has 3 aromatic rings. The first-order valence-corrected chi connectivity index (χ1v) is 11.7. The van der Waals surface area contributed by atoms with E-state index in [-0.39, 0.29) is 22.7 Å². The molecule has 0 amide bonds. The van der Waals surface area contributed by atoms with E-state index in [1.165, 1.54) is 12.3 Å². The Bertz CT molecular complexity index is 1040. The van der Waals surface area contributed by atoms with Crippen molar-refractivity contribution in [3.8, 4) is 21.7 Å². The maximum atomic E-state index is 13.9. The van der Waals surface area contributed by atoms with Gasteiger partial charge in [-0.2, -0.15) is 18.3 Å². The van der Waals surface area contributed by atoms with Crippen molar-refractivity contribution in [2.45, 2.75) is 39.0 Å². The first-order valence-electron chi connectivity index (χ1n) is 9.68. The van der Waals surface area contributed by atoms with Crippen LogP contribution in [0.5, 0.6) is 0 Å². The number of hydrogen-bond acceptors (Lipinski definition) is 8. The van der Waals surface area contributed by atoms with Gasteiger partial charge in [0.05, 0.1) is 24.4 Å². The predicted molar refractivity (Wildman–Crippen MR) is 115 cm³/mol. The molecule has 0 aliphatic heterocycles. The van der Waals surface area contributed by atoms with Crippen molar-refractivity contribution in [2.24, 2.45) is 11.7 Å². The summed E-state index contributed by atoms with van der Waals surface area (Å²) in [6, 6.07) is 3.19. The summed E-state index contributed by atoms with van der Waals surface area (Å²) in [7, 11) is -2.56. The van der Waals surface area contributed by atoms with Gasteiger partial charge in [0.25, 0.3) is 0 Å². The van der Waals surface area contributed by atoms with E-state index < -0.39 is 26.4 Å². The Kier molecular flexibility index (Phi) is 7.97. The standard InChI is InChI=1S/C19H23F3N5O3PS/c1-11(2)5-6-27-9-13(8-24-27)14-4-3-12(7-15(14)19(20,21)22)17-25-26-18(32-17)16(23)10-30-31(28)29/h3-4,7-9,11,16,28-29H,5-6,10,23H2,1-2H3. The molecule has 3 rings (SSSR count). The topological polar surface area (TPSA) is 119 Å². The van der Waals surface area contributed by atoms with Gasteiger partial charge in [-0.3, -0.25) is 4.68 Å². The minimum absolute atomic E-state index is 0.0335. The smallest absolute Gasteiger partial charge is 0.328 e. The molecule has 0 saturated heterocycles. The van der Waals surface area contributed by atoms with Gasteiger partial charge < -0.3 is 20.0 Å². The highest BCUT2D eigenvalue weighted by molar-refractivity contribution is 7.39. The number of nitrogens with zero attached hydrogens (tertiary/aromatic N) is 4. The fraction of sp³-hybridized carbons (Fsp3) is 0.421. The molecule has 1 unspecified atom stereocenters. The van der Waals surface area contributed by atoms with Crippen LogP contribution in [0, 0.1) is 5.92 Å². The second kappa shape index (κ2) is 10.3. The number of halogens is 3. The lowest BCUT2D eigenvalue weighted by Crippen LogP contribution is -2.15. The zero-order valence-electron chi connectivity index (χ0n) is 17.3. The van der Waals surface area contributed by atoms with E-state index in [9.17, 15) is 13.2 Å². The van der Waals surface area contributed by atoms with Gasteiger partial charge in [0.1, 0.15) is 10.0 Å². The Hall–Kier alpha value is -1.95. The highest BCUT2D eigenvalue weighted by Gasteiger charge is 2.34. The number of nitrogens with two attached hydrogens (primary N) is 1. The van der Waals surface area contributed by atoms with Gasteiger partial charge in [0.15, 0.2) is 0 Å². The normalized spacial score (nSPS) is 13.3. The Labute approximate surface area is 187 Å². The molecule has 1 atom stereocenters. The molecule has 0 bridgehead atoms. The predicted octanol–water partition coefficient (Wildman–Crippen LogP) is 4.36. The van der Waals surface area contributed by atoms with Crippen molar-refractivity contribution in [1.29, 1.82) is 0 Å². The highest BCUT2D eigenvalue weighted by Crippen LogP contribution is 2.40. The van der Waals surface area contributed by atoms with Crippen LogP contribution < -0.4 is 5.73 Å². The first kappa shape index (κ1) is 24.7. The molecular weight excluding hydrogens is 466 g/mol. The monoisotopic (exact) mass is 489 g/mol. The van der Waals surface area contributed by atoms with Crippen molar-refractivity contribution in [3.05, 3.63) is 41.2 Å². The molecule has 0 saturated carbocycles. The average molecular weight is 489 g/mol. The highest BCUT2D eigenvalue weighted by atomic mass is 32.1. The molecule has 4 N–H and O–H groups in total. The largest absolute Gasteiger partial charge is 0.417 e. The third kappa shape index (κ3) is 6.31. The number of rotatable bonds is 9. The second-order valence-corrected chi connectivity index (χ2v) is 9.31. The lowest BCUT2D eigenvalue weighted by atomic mass is 9.99. The van der Waals surface area contributed by atoms with Crippen LogP contribution in [-0.4, -0.2) is 36.4 Å². The van der Waals surface area contributed by atoms with E-state index in [1.807, 2.05) is 0 Å². The van der Waals surface area contributed by atoms with E-state index in [2.05, 4.69) is 33.7 Å². The lowest BCUT2D eigenvalue weighted by Gasteiger charge is -2.13. The molecule has 2 aromatic heterocycles. The second-order valence-electron chi connectivity index (χ2n) is 7.53. The molecule has 0 spiro atoms. The maximum Gasteiger partial charge on any atom is 0.417 e. The summed E-state index contributed by atoms with van der Waals surface area (Å²) in [5.41, 5.74) is 5.73. The molecule has 174 valence electrons. The van der Waals surface area contributed by atoms with Gasteiger partial charge in [0, 0.05) is 23.9 Å². The van der Waals surface area contributed by atoms with Gasteiger partial charge in [-0.1, -0.05) is 37.3 Å². The van der Waals surface area contributed by atoms with Crippen LogP contribution >= 0.6 is 19.9 Å². The van der Waals surface area contributed by atoms with E-state index in [0.29, 0.717) is 23.0 Å². The summed E-state index contributed by atoms with van der Waals surface area (Å²) in [6.45, 7) is 4.56. The SMILES string of the molecule is CC(C)CCn1cc(-c2ccc(-c3nnc(C(N)COP(O)O)s3)cc2C(F)(F)F)cn1. The van der Waals surface area contributed by atoms with Gasteiger partial charge in [0.2, 0.25) is 0 Å². The molecule has 32 heavy (non-hydrogen) atoms. The van der Waals surface area contributed by atoms with Gasteiger partial charge in [-0.25, -0.2) is 0 Å². The van der Waals surface area contributed by atoms with Crippen molar-refractivity contribution < 1.29 is 27.5 Å². The van der Waals surface area contributed by atoms with Crippen molar-refractivity contribution in [2.75, 3.05) is 6.61 Å². The summed E-state index contributed by atoms with van der Waals surface area (Å²) in [5.74, 6) is 0.457. The van der Waals surface area contributed by atoms with Crippen LogP contribution in [0.3, 0.4) is 0 Å². The molecule has 0 aliphatic rings. The third-order valence-corrected chi connectivity index (χ3v) is 6.06. The minimum Gasteiger partial charge on any atom is -0.328 e. The molecule has 2 heterocycles. The summed E-state index contributed by atoms with van der Waals surface area (Å²) in [5, 5.41) is 12.6. The van der Waals surface area contributed by atoms with Crippen LogP contribution in [0.2, 0.25) is 0 Å². The van der Waals surface area contributed by atoms with Crippen molar-refractivity contribution >= 4 is 19.9 Å². The van der Waals surface area contributed by atoms with Crippen LogP contribution in [-0.2, 0) is 17.2 Å². The number of alkyl halides is 3. The summed E-state index contributed by atoms with van der Waals surface area (Å²) in [6.07, 6.45) is -0.658. The Morgan fingerprint density at radius 2 is 1.97 bits per heavy atom. The van der Waals surface area contributed by atoms with Gasteiger partial charge >= 0.3 is 14.8 Å². The number of aryl methyl sites for hydroxylation is 1. The lowest BCUT2D eigenvalue weighted by molar-refractivity contribution is -0.137. The molecule has 1 aromatic carbocycles. The molecule has 13 heteroatoms. The number of benzene rings is 1. The first-order chi connectivity index (χ1) is 15.0. The van der Waals surface area contributed by atoms with E-state index in [4.69, 9.17) is 15.5 Å². The van der Waals surface area contributed by atoms with Crippen LogP contribution in [0.1, 0.15) is 36.9 Å². The summed E-state index contributed by atoms with van der Waals surface area (Å²) in [4.78, 5) is 17.6. The maximum absolute atomic E-state index is 13.9. The molecule has 8 nitrogen and oxygen atoms in total. The van der Waals surface area contributed by atoms with Crippen molar-refractivity contribution in [1.82, 2.24) is 20.0 Å². The number of hydrogen-bond donors (Lipinski definition) is 3. The Balaban J connectivity index is 1.88. The number of aromatic nitrogens is 4. The van der Waals surface area contributed by atoms with E-state index in [1.54, 1.807) is 16.9 Å². The van der Waals surface area contributed by atoms with Gasteiger partial charge in [-0.05, 0) is 24.0 Å². The van der Waals surface area contributed by atoms with Crippen LogP contribution in [0.4, 0.5) is 13.2 Å². The fourth-order valence-corrected chi connectivity index (χ4v) is 4.02. The Morgan fingerprint density at radius 1 is 1.22 bits per heavy atom. The quantitative estimate of drug-likeness (QED) is 0.382. The Morgan fingerprint density at radius 3 is 2.62 bits per heavy atom. The van der Waals surface area contributed by atoms with E-state index in [0.717, 1.165) is 23.8 Å². The van der Waals surface area contributed by atoms with Crippen LogP contribution in [0.15, 0.2) is 30.6 Å². The summed E-state index contributed by atoms with van der Waals surface area (Å²) >= 11 is 1.01. The fourth-order valence-electron chi connectivity index (χ4n) is 2.90. The van der Waals surface area contributed by atoms with Crippen molar-refractivity contribution in [3.63, 3.8) is 0 Å². The molecule has 0 fully saturated rings. The molecule has 0 radical (unpaired) electrons. The zero-order valence-corrected chi connectivity index (χ0v) is 19.0. The third-order valence-electron chi connectivity index (χ3n) is 4.58. The summed E-state index contributed by atoms with van der Waals surface area (Å²) < 4.78 is 47.9. The zero-order chi connectivity index (χ0) is 23.5. The molecular formula is C19H23F3N5O3PS. The van der Waals surface area contributed by atoms with Crippen LogP contribution in [0.25, 0.3) is 21.7 Å². The van der Waals surface area contributed by atoms with Gasteiger partial charge in [-0.15, -0.1) is 10.2 Å². The molecule has 0 aliphatic carbocycles. The average Bonchev–Trinajstić information content (AvgIpc) is 3.39.